The van der Waals surface area contributed by atoms with Gasteiger partial charge in [0.25, 0.3) is 0 Å². The van der Waals surface area contributed by atoms with Crippen LogP contribution in [0.4, 0.5) is 11.4 Å². The minimum atomic E-state index is 0.819. The summed E-state index contributed by atoms with van der Waals surface area (Å²) in [4.78, 5) is 4.76. The summed E-state index contributed by atoms with van der Waals surface area (Å²) >= 11 is 0. The fourth-order valence-corrected chi connectivity index (χ4v) is 5.97. The van der Waals surface area contributed by atoms with Crippen LogP contribution in [0.15, 0.2) is 97.6 Å². The quantitative estimate of drug-likeness (QED) is 0.0803. The van der Waals surface area contributed by atoms with Crippen LogP contribution < -0.4 is 18.9 Å². The molecule has 4 aromatic rings. The van der Waals surface area contributed by atoms with E-state index in [2.05, 4.69) is 171 Å². The van der Waals surface area contributed by atoms with E-state index < -0.39 is 0 Å². The van der Waals surface area contributed by atoms with E-state index in [0.717, 1.165) is 19.5 Å². The largest absolute Gasteiger partial charge is 0.375 e. The third-order valence-electron chi connectivity index (χ3n) is 9.12. The predicted molar refractivity (Wildman–Crippen MR) is 203 cm³/mol. The molecule has 0 N–H and O–H groups in total. The SMILES string of the molecule is CCCCCCN(C)c1ccc(/C=C(/C/C(=C\c2ccc(N(C)CCCCCC)cc2)c2cc[n+](C)cc2)c2cc[n+](C)cc2)cc1. The molecule has 47 heavy (non-hydrogen) atoms. The number of hydrogen-bond donors (Lipinski definition) is 0. The van der Waals surface area contributed by atoms with Crippen LogP contribution in [0.5, 0.6) is 0 Å². The van der Waals surface area contributed by atoms with Crippen LogP contribution in [-0.2, 0) is 14.1 Å². The van der Waals surface area contributed by atoms with Crippen molar-refractivity contribution in [2.75, 3.05) is 37.0 Å². The smallest absolute Gasteiger partial charge is 0.169 e. The molecule has 2 heterocycles. The maximum Gasteiger partial charge on any atom is 0.169 e. The monoisotopic (exact) mass is 630 g/mol. The predicted octanol–water partition coefficient (Wildman–Crippen LogP) is 9.54. The molecular formula is C43H58N4+2. The summed E-state index contributed by atoms with van der Waals surface area (Å²) in [6, 6.07) is 27.1. The second-order valence-electron chi connectivity index (χ2n) is 13.2. The lowest BCUT2D eigenvalue weighted by molar-refractivity contribution is -0.671. The molecule has 2 aromatic heterocycles. The van der Waals surface area contributed by atoms with Crippen molar-refractivity contribution in [1.82, 2.24) is 0 Å². The van der Waals surface area contributed by atoms with Gasteiger partial charge in [0.2, 0.25) is 0 Å². The Morgan fingerprint density at radius 3 is 1.21 bits per heavy atom. The third-order valence-corrected chi connectivity index (χ3v) is 9.12. The standard InChI is InChI=1S/C43H58N4/c1-7-9-11-13-27-46(5)42-19-15-36(16-20-42)33-40(38-23-29-44(3)30-24-38)35-41(39-25-31-45(4)32-26-39)34-37-17-21-43(22-18-37)47(6)28-14-12-10-8-2/h15-26,29-34H,7-14,27-28,35H2,1-6H3/q+2. The Bertz CT molecular complexity index is 1410. The van der Waals surface area contributed by atoms with Crippen LogP contribution in [0.2, 0.25) is 0 Å². The summed E-state index contributed by atoms with van der Waals surface area (Å²) < 4.78 is 4.20. The number of unbranched alkanes of at least 4 members (excludes halogenated alkanes) is 6. The molecule has 0 bridgehead atoms. The molecule has 4 heteroatoms. The summed E-state index contributed by atoms with van der Waals surface area (Å²) in [6.07, 6.45) is 24.4. The van der Waals surface area contributed by atoms with Gasteiger partial charge in [0, 0.05) is 62.8 Å². The molecule has 0 saturated heterocycles. The number of aryl methyl sites for hydroxylation is 2. The highest BCUT2D eigenvalue weighted by Crippen LogP contribution is 2.32. The van der Waals surface area contributed by atoms with E-state index in [0.29, 0.717) is 0 Å². The van der Waals surface area contributed by atoms with E-state index in [1.165, 1.54) is 96.1 Å². The van der Waals surface area contributed by atoms with Gasteiger partial charge in [-0.1, -0.05) is 88.8 Å². The van der Waals surface area contributed by atoms with E-state index in [1.54, 1.807) is 0 Å². The lowest BCUT2D eigenvalue weighted by Crippen LogP contribution is -2.26. The molecule has 2 aromatic carbocycles. The molecule has 0 amide bonds. The average Bonchev–Trinajstić information content (AvgIpc) is 3.09. The molecule has 0 radical (unpaired) electrons. The molecule has 0 aliphatic rings. The van der Waals surface area contributed by atoms with Gasteiger partial charge in [-0.3, -0.25) is 0 Å². The van der Waals surface area contributed by atoms with E-state index in [4.69, 9.17) is 0 Å². The van der Waals surface area contributed by atoms with Gasteiger partial charge in [-0.25, -0.2) is 9.13 Å². The van der Waals surface area contributed by atoms with E-state index in [9.17, 15) is 0 Å². The van der Waals surface area contributed by atoms with Gasteiger partial charge in [-0.2, -0.15) is 0 Å². The van der Waals surface area contributed by atoms with Gasteiger partial charge in [-0.15, -0.1) is 0 Å². The molecule has 0 spiro atoms. The van der Waals surface area contributed by atoms with Crippen molar-refractivity contribution in [3.8, 4) is 0 Å². The molecular weight excluding hydrogens is 573 g/mol. The van der Waals surface area contributed by atoms with Crippen LogP contribution in [0.1, 0.15) is 93.9 Å². The zero-order valence-electron chi connectivity index (χ0n) is 30.0. The Morgan fingerprint density at radius 2 is 0.872 bits per heavy atom. The number of anilines is 2. The summed E-state index contributed by atoms with van der Waals surface area (Å²) in [5.74, 6) is 0. The van der Waals surface area contributed by atoms with Crippen molar-refractivity contribution >= 4 is 34.7 Å². The fraction of sp³-hybridized carbons (Fsp3) is 0.395. The first-order chi connectivity index (χ1) is 22.9. The van der Waals surface area contributed by atoms with Gasteiger partial charge in [-0.05, 0) is 76.9 Å². The Balaban J connectivity index is 1.63. The Kier molecular flexibility index (Phi) is 14.3. The number of nitrogens with zero attached hydrogens (tertiary/aromatic N) is 4. The molecule has 248 valence electrons. The normalized spacial score (nSPS) is 12.0. The van der Waals surface area contributed by atoms with Crippen LogP contribution in [-0.4, -0.2) is 27.2 Å². The number of allylic oxidation sites excluding steroid dienone is 2. The number of benzene rings is 2. The zero-order chi connectivity index (χ0) is 33.4. The van der Waals surface area contributed by atoms with Crippen molar-refractivity contribution in [2.24, 2.45) is 14.1 Å². The summed E-state index contributed by atoms with van der Waals surface area (Å²) in [5.41, 5.74) is 10.1. The number of aromatic nitrogens is 2. The molecule has 0 unspecified atom stereocenters. The van der Waals surface area contributed by atoms with Gasteiger partial charge in [0.15, 0.2) is 24.8 Å². The van der Waals surface area contributed by atoms with E-state index >= 15 is 0 Å². The lowest BCUT2D eigenvalue weighted by atomic mass is 9.92. The first-order valence-corrected chi connectivity index (χ1v) is 17.8. The van der Waals surface area contributed by atoms with E-state index in [1.807, 2.05) is 0 Å². The summed E-state index contributed by atoms with van der Waals surface area (Å²) in [7, 11) is 8.57. The fourth-order valence-electron chi connectivity index (χ4n) is 5.97. The highest BCUT2D eigenvalue weighted by atomic mass is 15.1. The molecule has 0 saturated carbocycles. The molecule has 0 aliphatic carbocycles. The summed E-state index contributed by atoms with van der Waals surface area (Å²) in [6.45, 7) is 6.73. The number of pyridine rings is 2. The summed E-state index contributed by atoms with van der Waals surface area (Å²) in [5, 5.41) is 0. The maximum absolute atomic E-state index is 2.38. The van der Waals surface area contributed by atoms with Crippen molar-refractivity contribution in [2.45, 2.75) is 71.6 Å². The number of hydrogen-bond acceptors (Lipinski definition) is 2. The average molecular weight is 631 g/mol. The van der Waals surface area contributed by atoms with Crippen LogP contribution in [0.25, 0.3) is 23.3 Å². The molecule has 0 atom stereocenters. The maximum atomic E-state index is 2.38. The van der Waals surface area contributed by atoms with Crippen LogP contribution in [0, 0.1) is 0 Å². The molecule has 0 fully saturated rings. The Morgan fingerprint density at radius 1 is 0.511 bits per heavy atom. The van der Waals surface area contributed by atoms with Gasteiger partial charge in [0.1, 0.15) is 14.1 Å². The molecule has 0 aliphatic heterocycles. The van der Waals surface area contributed by atoms with Gasteiger partial charge in [0.05, 0.1) is 0 Å². The topological polar surface area (TPSA) is 14.2 Å². The first-order valence-electron chi connectivity index (χ1n) is 17.8. The van der Waals surface area contributed by atoms with Gasteiger partial charge < -0.3 is 9.80 Å². The highest BCUT2D eigenvalue weighted by Gasteiger charge is 2.12. The first kappa shape index (κ1) is 35.7. The second-order valence-corrected chi connectivity index (χ2v) is 13.2. The molecule has 4 nitrogen and oxygen atoms in total. The Labute approximate surface area is 285 Å². The highest BCUT2D eigenvalue weighted by molar-refractivity contribution is 5.93. The van der Waals surface area contributed by atoms with Gasteiger partial charge >= 0.3 is 0 Å². The van der Waals surface area contributed by atoms with Crippen molar-refractivity contribution in [3.05, 3.63) is 120 Å². The van der Waals surface area contributed by atoms with Crippen LogP contribution in [0.3, 0.4) is 0 Å². The van der Waals surface area contributed by atoms with Crippen molar-refractivity contribution in [1.29, 1.82) is 0 Å². The lowest BCUT2D eigenvalue weighted by Gasteiger charge is -2.19. The van der Waals surface area contributed by atoms with E-state index in [-0.39, 0.29) is 0 Å². The second kappa shape index (κ2) is 18.8. The minimum absolute atomic E-state index is 0.819. The van der Waals surface area contributed by atoms with Crippen LogP contribution >= 0.6 is 0 Å². The zero-order valence-corrected chi connectivity index (χ0v) is 30.0. The third kappa shape index (κ3) is 11.5. The number of rotatable bonds is 18. The molecule has 4 rings (SSSR count). The minimum Gasteiger partial charge on any atom is -0.375 e. The Hall–Kier alpha value is -4.18. The van der Waals surface area contributed by atoms with Crippen molar-refractivity contribution < 1.29 is 9.13 Å². The van der Waals surface area contributed by atoms with Crippen molar-refractivity contribution in [3.63, 3.8) is 0 Å².